The van der Waals surface area contributed by atoms with Gasteiger partial charge in [0.15, 0.2) is 18.1 Å². The van der Waals surface area contributed by atoms with Crippen molar-refractivity contribution in [1.29, 1.82) is 0 Å². The lowest BCUT2D eigenvalue weighted by atomic mass is 10.0. The number of unbranched alkanes of at least 4 members (excludes halogenated alkanes) is 4. The van der Waals surface area contributed by atoms with Crippen molar-refractivity contribution in [1.82, 2.24) is 0 Å². The Morgan fingerprint density at radius 2 is 1.96 bits per heavy atom. The maximum atomic E-state index is 13.4. The molecule has 0 heterocycles. The molecule has 1 aromatic carbocycles. The van der Waals surface area contributed by atoms with Gasteiger partial charge in [0.25, 0.3) is 5.91 Å². The number of alkyl halides is 3. The lowest BCUT2D eigenvalue weighted by Gasteiger charge is -2.13. The Hall–Kier alpha value is -2.44. The SMILES string of the molecule is CCCCCCC=C1C=C(C(F)(F)F)c2cc(OCC(N)=O)c(O)cc21. The quantitative estimate of drug-likeness (QED) is 0.660. The van der Waals surface area contributed by atoms with Crippen LogP contribution in [-0.2, 0) is 4.79 Å². The fourth-order valence-electron chi connectivity index (χ4n) is 2.84. The van der Waals surface area contributed by atoms with Crippen LogP contribution < -0.4 is 10.5 Å². The first-order valence-corrected chi connectivity index (χ1v) is 8.52. The fraction of sp³-hybridized carbons (Fsp3) is 0.421. The number of phenolic OH excluding ortho intramolecular Hbond substituents is 1. The zero-order valence-corrected chi connectivity index (χ0v) is 14.5. The number of aromatic hydroxyl groups is 1. The lowest BCUT2D eigenvalue weighted by Crippen LogP contribution is -2.20. The normalized spacial score (nSPS) is 15.1. The molecule has 0 spiro atoms. The highest BCUT2D eigenvalue weighted by Gasteiger charge is 2.39. The Kier molecular flexibility index (Phi) is 6.34. The van der Waals surface area contributed by atoms with Gasteiger partial charge in [0.05, 0.1) is 5.57 Å². The largest absolute Gasteiger partial charge is 0.504 e. The number of halogens is 3. The van der Waals surface area contributed by atoms with Crippen LogP contribution in [0.2, 0.25) is 0 Å². The van der Waals surface area contributed by atoms with Crippen molar-refractivity contribution in [3.05, 3.63) is 35.4 Å². The number of fused-ring (bicyclic) bond motifs is 1. The summed E-state index contributed by atoms with van der Waals surface area (Å²) >= 11 is 0. The monoisotopic (exact) mass is 369 g/mol. The molecule has 0 unspecified atom stereocenters. The highest BCUT2D eigenvalue weighted by molar-refractivity contribution is 5.98. The summed E-state index contributed by atoms with van der Waals surface area (Å²) < 4.78 is 45.1. The van der Waals surface area contributed by atoms with E-state index in [1.54, 1.807) is 6.08 Å². The third-order valence-electron chi connectivity index (χ3n) is 4.10. The van der Waals surface area contributed by atoms with Gasteiger partial charge in [-0.05, 0) is 47.8 Å². The molecule has 4 nitrogen and oxygen atoms in total. The van der Waals surface area contributed by atoms with Crippen LogP contribution in [0.4, 0.5) is 13.2 Å². The average molecular weight is 369 g/mol. The van der Waals surface area contributed by atoms with E-state index in [0.29, 0.717) is 17.6 Å². The van der Waals surface area contributed by atoms with Gasteiger partial charge in [0.2, 0.25) is 0 Å². The van der Waals surface area contributed by atoms with Crippen LogP contribution >= 0.6 is 0 Å². The molecule has 1 aliphatic rings. The number of allylic oxidation sites excluding steroid dienone is 4. The Labute approximate surface area is 150 Å². The van der Waals surface area contributed by atoms with Gasteiger partial charge in [-0.15, -0.1) is 0 Å². The molecule has 0 bridgehead atoms. The summed E-state index contributed by atoms with van der Waals surface area (Å²) in [5, 5.41) is 10.0. The van der Waals surface area contributed by atoms with E-state index in [1.165, 1.54) is 6.07 Å². The third-order valence-corrected chi connectivity index (χ3v) is 4.10. The van der Waals surface area contributed by atoms with Crippen LogP contribution in [0.25, 0.3) is 11.1 Å². The average Bonchev–Trinajstić information content (AvgIpc) is 2.90. The van der Waals surface area contributed by atoms with Gasteiger partial charge >= 0.3 is 6.18 Å². The van der Waals surface area contributed by atoms with Gasteiger partial charge < -0.3 is 15.6 Å². The van der Waals surface area contributed by atoms with Crippen molar-refractivity contribution in [2.24, 2.45) is 5.73 Å². The maximum absolute atomic E-state index is 13.4. The fourth-order valence-corrected chi connectivity index (χ4v) is 2.84. The molecule has 142 valence electrons. The summed E-state index contributed by atoms with van der Waals surface area (Å²) in [5.74, 6) is -1.33. The number of carbonyl (C=O) groups excluding carboxylic acids is 1. The smallest absolute Gasteiger partial charge is 0.417 e. The van der Waals surface area contributed by atoms with Gasteiger partial charge in [-0.25, -0.2) is 0 Å². The summed E-state index contributed by atoms with van der Waals surface area (Å²) in [6.45, 7) is 1.56. The number of benzene rings is 1. The summed E-state index contributed by atoms with van der Waals surface area (Å²) in [6, 6.07) is 2.34. The Balaban J connectivity index is 2.33. The van der Waals surface area contributed by atoms with Crippen molar-refractivity contribution in [2.45, 2.75) is 45.2 Å². The molecular formula is C19H22F3NO3. The van der Waals surface area contributed by atoms with Crippen LogP contribution in [0.15, 0.2) is 24.3 Å². The second-order valence-electron chi connectivity index (χ2n) is 6.19. The second kappa shape index (κ2) is 8.29. The minimum atomic E-state index is -4.54. The zero-order chi connectivity index (χ0) is 19.3. The maximum Gasteiger partial charge on any atom is 0.417 e. The van der Waals surface area contributed by atoms with Crippen LogP contribution in [0.3, 0.4) is 0 Å². The summed E-state index contributed by atoms with van der Waals surface area (Å²) in [7, 11) is 0. The number of ether oxygens (including phenoxy) is 1. The highest BCUT2D eigenvalue weighted by Crippen LogP contribution is 2.47. The minimum absolute atomic E-state index is 0.0745. The van der Waals surface area contributed by atoms with Crippen molar-refractivity contribution in [3.63, 3.8) is 0 Å². The highest BCUT2D eigenvalue weighted by atomic mass is 19.4. The molecule has 0 aliphatic heterocycles. The molecule has 0 atom stereocenters. The Morgan fingerprint density at radius 3 is 2.58 bits per heavy atom. The Morgan fingerprint density at radius 1 is 1.23 bits per heavy atom. The lowest BCUT2D eigenvalue weighted by molar-refractivity contribution is -0.120. The van der Waals surface area contributed by atoms with Crippen molar-refractivity contribution < 1.29 is 27.8 Å². The molecule has 0 saturated carbocycles. The molecule has 1 aliphatic carbocycles. The first-order chi connectivity index (χ1) is 12.2. The number of rotatable bonds is 8. The van der Waals surface area contributed by atoms with Crippen molar-refractivity contribution >= 4 is 17.1 Å². The van der Waals surface area contributed by atoms with Crippen LogP contribution in [0.5, 0.6) is 11.5 Å². The van der Waals surface area contributed by atoms with E-state index >= 15 is 0 Å². The number of nitrogens with two attached hydrogens (primary N) is 1. The van der Waals surface area contributed by atoms with E-state index in [1.807, 2.05) is 0 Å². The molecular weight excluding hydrogens is 347 g/mol. The summed E-state index contributed by atoms with van der Waals surface area (Å²) in [5.41, 5.74) is 4.83. The molecule has 0 saturated heterocycles. The standard InChI is InChI=1S/C19H22F3NO3/c1-2-3-4-5-6-7-12-8-15(19(20,21)22)14-10-17(26-11-18(23)25)16(24)9-13(12)14/h7-10,24H,2-6,11H2,1H3,(H2,23,25). The van der Waals surface area contributed by atoms with E-state index in [2.05, 4.69) is 6.92 Å². The molecule has 26 heavy (non-hydrogen) atoms. The Bertz CT molecular complexity index is 736. The first-order valence-electron chi connectivity index (χ1n) is 8.52. The van der Waals surface area contributed by atoms with Crippen LogP contribution in [-0.4, -0.2) is 23.8 Å². The molecule has 0 radical (unpaired) electrons. The number of hydrogen-bond donors (Lipinski definition) is 2. The number of phenols is 1. The van der Waals surface area contributed by atoms with Crippen molar-refractivity contribution in [3.8, 4) is 11.5 Å². The molecule has 0 aromatic heterocycles. The number of amides is 1. The minimum Gasteiger partial charge on any atom is -0.504 e. The van der Waals surface area contributed by atoms with Gasteiger partial charge in [0, 0.05) is 0 Å². The van der Waals surface area contributed by atoms with E-state index < -0.39 is 24.3 Å². The molecule has 1 amide bonds. The van der Waals surface area contributed by atoms with Crippen molar-refractivity contribution in [2.75, 3.05) is 6.61 Å². The number of hydrogen-bond acceptors (Lipinski definition) is 3. The predicted molar refractivity (Wildman–Crippen MR) is 93.6 cm³/mol. The molecule has 1 aromatic rings. The topological polar surface area (TPSA) is 72.5 Å². The molecule has 3 N–H and O–H groups in total. The van der Waals surface area contributed by atoms with Gasteiger partial charge in [-0.1, -0.05) is 32.3 Å². The summed E-state index contributed by atoms with van der Waals surface area (Å²) in [4.78, 5) is 10.8. The third kappa shape index (κ3) is 4.80. The molecule has 7 heteroatoms. The number of carbonyl (C=O) groups is 1. The van der Waals surface area contributed by atoms with Gasteiger partial charge in [0.1, 0.15) is 0 Å². The van der Waals surface area contributed by atoms with E-state index in [-0.39, 0.29) is 17.1 Å². The van der Waals surface area contributed by atoms with Gasteiger partial charge in [-0.3, -0.25) is 4.79 Å². The van der Waals surface area contributed by atoms with E-state index in [4.69, 9.17) is 10.5 Å². The van der Waals surface area contributed by atoms with Crippen LogP contribution in [0, 0.1) is 0 Å². The van der Waals surface area contributed by atoms with Crippen LogP contribution in [0.1, 0.15) is 50.2 Å². The molecule has 0 fully saturated rings. The van der Waals surface area contributed by atoms with E-state index in [9.17, 15) is 23.1 Å². The first kappa shape index (κ1) is 19.9. The predicted octanol–water partition coefficient (Wildman–Crippen LogP) is 4.57. The van der Waals surface area contributed by atoms with E-state index in [0.717, 1.165) is 37.8 Å². The number of primary amides is 1. The molecule has 2 rings (SSSR count). The van der Waals surface area contributed by atoms with Gasteiger partial charge in [-0.2, -0.15) is 13.2 Å². The summed E-state index contributed by atoms with van der Waals surface area (Å²) in [6.07, 6.45) is 3.06. The second-order valence-corrected chi connectivity index (χ2v) is 6.19. The zero-order valence-electron chi connectivity index (χ0n) is 14.5.